The molecule has 7 nitrogen and oxygen atoms in total. The van der Waals surface area contributed by atoms with E-state index in [1.54, 1.807) is 26.8 Å². The fraction of sp³-hybridized carbons (Fsp3) is 0.591. The van der Waals surface area contributed by atoms with Crippen molar-refractivity contribution in [2.45, 2.75) is 63.9 Å². The summed E-state index contributed by atoms with van der Waals surface area (Å²) in [6.45, 7) is 12.2. The lowest BCUT2D eigenvalue weighted by atomic mass is 10.0. The van der Waals surface area contributed by atoms with E-state index < -0.39 is 15.6 Å². The van der Waals surface area contributed by atoms with E-state index >= 15 is 0 Å². The highest BCUT2D eigenvalue weighted by Gasteiger charge is 2.27. The van der Waals surface area contributed by atoms with E-state index in [0.717, 1.165) is 32.5 Å². The van der Waals surface area contributed by atoms with E-state index in [-0.39, 0.29) is 22.6 Å². The summed E-state index contributed by atoms with van der Waals surface area (Å²) in [6, 6.07) is 4.57. The van der Waals surface area contributed by atoms with E-state index in [2.05, 4.69) is 34.9 Å². The number of benzene rings is 1. The van der Waals surface area contributed by atoms with Crippen LogP contribution in [0.25, 0.3) is 0 Å². The van der Waals surface area contributed by atoms with Gasteiger partial charge >= 0.3 is 0 Å². The molecule has 1 aliphatic rings. The summed E-state index contributed by atoms with van der Waals surface area (Å²) < 4.78 is 33.4. The van der Waals surface area contributed by atoms with Gasteiger partial charge in [-0.15, -0.1) is 0 Å². The summed E-state index contributed by atoms with van der Waals surface area (Å²) in [5.74, 6) is -0.0662. The van der Waals surface area contributed by atoms with Gasteiger partial charge in [0.15, 0.2) is 0 Å². The largest absolute Gasteiger partial charge is 0.495 e. The molecule has 0 unspecified atom stereocenters. The zero-order valence-electron chi connectivity index (χ0n) is 18.9. The molecule has 1 fully saturated rings. The van der Waals surface area contributed by atoms with Gasteiger partial charge in [-0.1, -0.05) is 11.6 Å². The Balaban J connectivity index is 2.09. The number of likely N-dealkylation sites (tertiary alicyclic amines) is 1. The molecule has 1 saturated heterocycles. The average molecular weight is 438 g/mol. The van der Waals surface area contributed by atoms with Crippen LogP contribution in [0.4, 0.5) is 0 Å². The lowest BCUT2D eigenvalue weighted by Gasteiger charge is -2.31. The number of piperidine rings is 1. The minimum atomic E-state index is -3.84. The highest BCUT2D eigenvalue weighted by molar-refractivity contribution is 7.89. The van der Waals surface area contributed by atoms with Crippen LogP contribution in [-0.4, -0.2) is 57.5 Å². The number of hydrogen-bond acceptors (Lipinski definition) is 5. The third-order valence-corrected chi connectivity index (χ3v) is 6.62. The number of carbonyl (C=O) groups excluding carboxylic acids is 1. The lowest BCUT2D eigenvalue weighted by molar-refractivity contribution is 0.0914. The monoisotopic (exact) mass is 437 g/mol. The van der Waals surface area contributed by atoms with Crippen LogP contribution in [0.5, 0.6) is 5.75 Å². The number of nitrogens with zero attached hydrogens (tertiary/aromatic N) is 1. The van der Waals surface area contributed by atoms with Gasteiger partial charge in [0, 0.05) is 36.8 Å². The Bertz CT molecular complexity index is 876. The number of methoxy groups -OCH3 is 1. The van der Waals surface area contributed by atoms with Crippen molar-refractivity contribution in [3.8, 4) is 5.75 Å². The van der Waals surface area contributed by atoms with Gasteiger partial charge in [-0.05, 0) is 65.7 Å². The highest BCUT2D eigenvalue weighted by Crippen LogP contribution is 2.26. The maximum Gasteiger partial charge on any atom is 0.251 e. The molecule has 0 atom stereocenters. The fourth-order valence-electron chi connectivity index (χ4n) is 3.33. The molecule has 1 aromatic rings. The van der Waals surface area contributed by atoms with Crippen LogP contribution in [0.3, 0.4) is 0 Å². The van der Waals surface area contributed by atoms with Crippen LogP contribution in [-0.2, 0) is 10.0 Å². The molecule has 1 aromatic carbocycles. The molecule has 1 heterocycles. The van der Waals surface area contributed by atoms with Crippen molar-refractivity contribution in [2.24, 2.45) is 0 Å². The van der Waals surface area contributed by atoms with Crippen molar-refractivity contribution >= 4 is 15.9 Å². The lowest BCUT2D eigenvalue weighted by Crippen LogP contribution is -2.44. The second-order valence-corrected chi connectivity index (χ2v) is 10.7. The van der Waals surface area contributed by atoms with E-state index in [1.807, 2.05) is 0 Å². The maximum atomic E-state index is 12.8. The molecule has 8 heteroatoms. The summed E-state index contributed by atoms with van der Waals surface area (Å²) in [4.78, 5) is 15.1. The van der Waals surface area contributed by atoms with E-state index in [1.165, 1.54) is 24.8 Å². The van der Waals surface area contributed by atoms with Gasteiger partial charge in [0.2, 0.25) is 10.0 Å². The Hall–Kier alpha value is -1.90. The third-order valence-electron chi connectivity index (χ3n) is 4.84. The van der Waals surface area contributed by atoms with Crippen LogP contribution in [0.2, 0.25) is 0 Å². The summed E-state index contributed by atoms with van der Waals surface area (Å²) >= 11 is 0. The fourth-order valence-corrected chi connectivity index (χ4v) is 4.94. The number of hydrogen-bond donors (Lipinski definition) is 2. The molecule has 0 aliphatic carbocycles. The van der Waals surface area contributed by atoms with Crippen molar-refractivity contribution < 1.29 is 17.9 Å². The summed E-state index contributed by atoms with van der Waals surface area (Å²) in [7, 11) is -2.43. The first-order chi connectivity index (χ1) is 13.9. The topological polar surface area (TPSA) is 87.7 Å². The summed E-state index contributed by atoms with van der Waals surface area (Å²) in [6.07, 6.45) is 3.95. The second-order valence-electron chi connectivity index (χ2n) is 9.05. The second kappa shape index (κ2) is 9.94. The van der Waals surface area contributed by atoms with Crippen molar-refractivity contribution in [2.75, 3.05) is 26.7 Å². The Morgan fingerprint density at radius 2 is 1.87 bits per heavy atom. The minimum absolute atomic E-state index is 0.0379. The van der Waals surface area contributed by atoms with E-state index in [9.17, 15) is 13.2 Å². The number of rotatable bonds is 7. The van der Waals surface area contributed by atoms with Gasteiger partial charge < -0.3 is 10.1 Å². The molecule has 0 spiro atoms. The van der Waals surface area contributed by atoms with Gasteiger partial charge in [0.1, 0.15) is 10.6 Å². The normalized spacial score (nSPS) is 16.2. The van der Waals surface area contributed by atoms with E-state index in [0.29, 0.717) is 5.56 Å². The molecular formula is C22H35N3O4S. The summed E-state index contributed by atoms with van der Waals surface area (Å²) in [5.41, 5.74) is 0.954. The molecule has 1 amide bonds. The van der Waals surface area contributed by atoms with Crippen LogP contribution >= 0.6 is 0 Å². The predicted octanol–water partition coefficient (Wildman–Crippen LogP) is 2.93. The number of nitrogens with one attached hydrogen (secondary N) is 2. The standard InChI is InChI=1S/C22H35N3O4S/c1-16(2)9-12-25-13-10-18(11-14-25)23-21(26)17-7-8-19(29-6)20(15-17)30(27,28)24-22(3,4)5/h7-9,15,18,24H,10-14H2,1-6H3,(H,23,26). The molecule has 2 N–H and O–H groups in total. The van der Waals surface area contributed by atoms with Gasteiger partial charge in [0.25, 0.3) is 5.91 Å². The Morgan fingerprint density at radius 3 is 2.40 bits per heavy atom. The summed E-state index contributed by atoms with van der Waals surface area (Å²) in [5, 5.41) is 3.05. The molecule has 0 saturated carbocycles. The van der Waals surface area contributed by atoms with Crippen LogP contribution in [0.15, 0.2) is 34.7 Å². The highest BCUT2D eigenvalue weighted by atomic mass is 32.2. The number of allylic oxidation sites excluding steroid dienone is 1. The Kier molecular flexibility index (Phi) is 8.07. The predicted molar refractivity (Wildman–Crippen MR) is 119 cm³/mol. The van der Waals surface area contributed by atoms with Crippen molar-refractivity contribution in [1.29, 1.82) is 0 Å². The van der Waals surface area contributed by atoms with Crippen LogP contribution in [0.1, 0.15) is 57.8 Å². The van der Waals surface area contributed by atoms with Crippen molar-refractivity contribution in [3.05, 3.63) is 35.4 Å². The number of amides is 1. The average Bonchev–Trinajstić information content (AvgIpc) is 2.65. The SMILES string of the molecule is COc1ccc(C(=O)NC2CCN(CC=C(C)C)CC2)cc1S(=O)(=O)NC(C)(C)C. The Morgan fingerprint density at radius 1 is 1.23 bits per heavy atom. The third kappa shape index (κ3) is 7.11. The first kappa shape index (κ1) is 24.4. The van der Waals surface area contributed by atoms with Gasteiger partial charge in [0.05, 0.1) is 7.11 Å². The Labute approximate surface area is 180 Å². The maximum absolute atomic E-state index is 12.8. The van der Waals surface area contributed by atoms with Gasteiger partial charge in [-0.2, -0.15) is 0 Å². The van der Waals surface area contributed by atoms with Crippen LogP contribution in [0, 0.1) is 0 Å². The first-order valence-corrected chi connectivity index (χ1v) is 11.8. The number of carbonyl (C=O) groups is 1. The first-order valence-electron chi connectivity index (χ1n) is 10.3. The number of ether oxygens (including phenoxy) is 1. The van der Waals surface area contributed by atoms with Crippen molar-refractivity contribution in [3.63, 3.8) is 0 Å². The van der Waals surface area contributed by atoms with E-state index in [4.69, 9.17) is 4.74 Å². The van der Waals surface area contributed by atoms with Crippen molar-refractivity contribution in [1.82, 2.24) is 14.9 Å². The van der Waals surface area contributed by atoms with Gasteiger partial charge in [-0.3, -0.25) is 9.69 Å². The zero-order chi connectivity index (χ0) is 22.5. The molecule has 1 aliphatic heterocycles. The zero-order valence-corrected chi connectivity index (χ0v) is 19.7. The smallest absolute Gasteiger partial charge is 0.251 e. The minimum Gasteiger partial charge on any atom is -0.495 e. The quantitative estimate of drug-likeness (QED) is 0.641. The molecule has 2 rings (SSSR count). The molecule has 168 valence electrons. The van der Waals surface area contributed by atoms with Gasteiger partial charge in [-0.25, -0.2) is 13.1 Å². The molecule has 0 radical (unpaired) electrons. The molecule has 0 bridgehead atoms. The van der Waals surface area contributed by atoms with Crippen LogP contribution < -0.4 is 14.8 Å². The molecular weight excluding hydrogens is 402 g/mol. The molecule has 0 aromatic heterocycles. The molecule has 30 heavy (non-hydrogen) atoms. The number of sulfonamides is 1.